The Kier molecular flexibility index (Phi) is 10.7. The lowest BCUT2D eigenvalue weighted by molar-refractivity contribution is 0.0697. The molecule has 21 heavy (non-hydrogen) atoms. The number of carboxylic acid groups (broad SMARTS) is 1. The minimum Gasteiger partial charge on any atom is -0.492 e. The van der Waals surface area contributed by atoms with Crippen LogP contribution in [0.4, 0.5) is 0 Å². The van der Waals surface area contributed by atoms with Gasteiger partial charge in [-0.25, -0.2) is 4.79 Å². The van der Waals surface area contributed by atoms with Crippen molar-refractivity contribution in [3.63, 3.8) is 0 Å². The number of halogens is 2. The Morgan fingerprint density at radius 3 is 2.43 bits per heavy atom. The Morgan fingerprint density at radius 1 is 1.19 bits per heavy atom. The quantitative estimate of drug-likeness (QED) is 0.394. The van der Waals surface area contributed by atoms with Crippen LogP contribution in [-0.4, -0.2) is 50.9 Å². The van der Waals surface area contributed by atoms with Crippen LogP contribution in [0.25, 0.3) is 0 Å². The van der Waals surface area contributed by atoms with E-state index < -0.39 is 5.97 Å². The molecule has 0 saturated carbocycles. The Labute approximate surface area is 150 Å². The number of benzene rings is 1. The third kappa shape index (κ3) is 8.38. The van der Waals surface area contributed by atoms with E-state index in [1.807, 2.05) is 23.5 Å². The van der Waals surface area contributed by atoms with Gasteiger partial charge in [-0.1, -0.05) is 31.9 Å². The van der Waals surface area contributed by atoms with E-state index in [0.29, 0.717) is 11.9 Å². The molecule has 3 nitrogen and oxygen atoms in total. The minimum atomic E-state index is -0.918. The van der Waals surface area contributed by atoms with E-state index in [-0.39, 0.29) is 5.56 Å². The molecule has 0 radical (unpaired) electrons. The van der Waals surface area contributed by atoms with Gasteiger partial charge in [0.2, 0.25) is 0 Å². The molecule has 0 amide bonds. The van der Waals surface area contributed by atoms with Gasteiger partial charge in [0.05, 0.1) is 5.56 Å². The molecule has 0 spiro atoms. The van der Waals surface area contributed by atoms with Gasteiger partial charge < -0.3 is 9.84 Å². The molecular weight excluding hydrogens is 440 g/mol. The molecule has 0 bridgehead atoms. The van der Waals surface area contributed by atoms with Crippen molar-refractivity contribution in [1.29, 1.82) is 0 Å². The average Bonchev–Trinajstić information content (AvgIpc) is 2.50. The zero-order valence-corrected chi connectivity index (χ0v) is 16.3. The summed E-state index contributed by atoms with van der Waals surface area (Å²) in [5.74, 6) is 3.00. The summed E-state index contributed by atoms with van der Waals surface area (Å²) >= 11 is 10.7. The van der Waals surface area contributed by atoms with Crippen LogP contribution in [0.1, 0.15) is 10.4 Å². The fourth-order valence-electron chi connectivity index (χ4n) is 1.51. The molecule has 0 aliphatic heterocycles. The maximum absolute atomic E-state index is 10.8. The molecule has 1 unspecified atom stereocenters. The lowest BCUT2D eigenvalue weighted by atomic mass is 10.2. The maximum Gasteiger partial charge on any atom is 0.335 e. The van der Waals surface area contributed by atoms with E-state index in [9.17, 15) is 4.79 Å². The van der Waals surface area contributed by atoms with E-state index in [0.717, 1.165) is 33.7 Å². The van der Waals surface area contributed by atoms with Crippen molar-refractivity contribution in [2.24, 2.45) is 0 Å². The zero-order chi connectivity index (χ0) is 15.5. The Bertz CT molecular complexity index is 415. The van der Waals surface area contributed by atoms with E-state index in [1.54, 1.807) is 24.3 Å². The van der Waals surface area contributed by atoms with Crippen LogP contribution < -0.4 is 4.74 Å². The molecule has 118 valence electrons. The number of thioether (sulfide) groups is 2. The smallest absolute Gasteiger partial charge is 0.335 e. The van der Waals surface area contributed by atoms with E-state index in [1.165, 1.54) is 0 Å². The van der Waals surface area contributed by atoms with Crippen molar-refractivity contribution >= 4 is 61.4 Å². The van der Waals surface area contributed by atoms with Gasteiger partial charge in [0, 0.05) is 33.2 Å². The molecule has 1 rings (SSSR count). The number of aromatic carboxylic acids is 1. The van der Waals surface area contributed by atoms with Crippen LogP contribution in [-0.2, 0) is 0 Å². The molecule has 0 aliphatic rings. The highest BCUT2D eigenvalue weighted by Crippen LogP contribution is 2.20. The largest absolute Gasteiger partial charge is 0.492 e. The average molecular weight is 458 g/mol. The van der Waals surface area contributed by atoms with Crippen molar-refractivity contribution in [3.05, 3.63) is 29.8 Å². The van der Waals surface area contributed by atoms with E-state index >= 15 is 0 Å². The number of alkyl halides is 2. The Morgan fingerprint density at radius 2 is 1.86 bits per heavy atom. The molecule has 7 heteroatoms. The molecule has 0 heterocycles. The highest BCUT2D eigenvalue weighted by Gasteiger charge is 2.11. The summed E-state index contributed by atoms with van der Waals surface area (Å²) in [7, 11) is 0. The van der Waals surface area contributed by atoms with Crippen LogP contribution in [0.3, 0.4) is 0 Å². The fraction of sp³-hybridized carbons (Fsp3) is 0.500. The SMILES string of the molecule is O=C(O)c1ccc(OCC(CSCCBr)SCCBr)cc1. The molecule has 0 fully saturated rings. The Hall–Kier alpha value is 0.150. The maximum atomic E-state index is 10.8. The second-order valence-corrected chi connectivity index (χ2v) is 8.23. The first-order valence-electron chi connectivity index (χ1n) is 6.44. The van der Waals surface area contributed by atoms with Crippen molar-refractivity contribution in [3.8, 4) is 5.75 Å². The van der Waals surface area contributed by atoms with Crippen LogP contribution in [0, 0.1) is 0 Å². The third-order valence-corrected chi connectivity index (χ3v) is 6.89. The zero-order valence-electron chi connectivity index (χ0n) is 11.5. The Balaban J connectivity index is 2.44. The number of carbonyl (C=O) groups is 1. The normalized spacial score (nSPS) is 12.1. The van der Waals surface area contributed by atoms with Gasteiger partial charge in [0.1, 0.15) is 12.4 Å². The summed E-state index contributed by atoms with van der Waals surface area (Å²) in [6.45, 7) is 0.638. The molecule has 0 aromatic heterocycles. The second-order valence-electron chi connectivity index (χ2n) is 4.09. The number of hydrogen-bond donors (Lipinski definition) is 1. The summed E-state index contributed by atoms with van der Waals surface area (Å²) < 4.78 is 5.78. The van der Waals surface area contributed by atoms with Crippen molar-refractivity contribution in [1.82, 2.24) is 0 Å². The highest BCUT2D eigenvalue weighted by atomic mass is 79.9. The lowest BCUT2D eigenvalue weighted by Crippen LogP contribution is -2.18. The molecule has 1 aromatic rings. The number of hydrogen-bond acceptors (Lipinski definition) is 4. The topological polar surface area (TPSA) is 46.5 Å². The number of rotatable bonds is 11. The monoisotopic (exact) mass is 456 g/mol. The van der Waals surface area contributed by atoms with Gasteiger partial charge >= 0.3 is 5.97 Å². The standard InChI is InChI=1S/C14H18Br2O3S2/c15-5-7-20-10-13(21-8-6-16)9-19-12-3-1-11(2-4-12)14(17)18/h1-4,13H,5-10H2,(H,17,18). The second kappa shape index (κ2) is 11.7. The number of carboxylic acids is 1. The van der Waals surface area contributed by atoms with Gasteiger partial charge in [-0.3, -0.25) is 0 Å². The van der Waals surface area contributed by atoms with Crippen molar-refractivity contribution in [2.45, 2.75) is 5.25 Å². The third-order valence-electron chi connectivity index (χ3n) is 2.49. The first-order chi connectivity index (χ1) is 10.2. The van der Waals surface area contributed by atoms with Crippen LogP contribution in [0.5, 0.6) is 5.75 Å². The summed E-state index contributed by atoms with van der Waals surface area (Å²) in [6, 6.07) is 6.55. The first-order valence-corrected chi connectivity index (χ1v) is 10.9. The molecule has 0 aliphatic carbocycles. The van der Waals surface area contributed by atoms with Crippen molar-refractivity contribution in [2.75, 3.05) is 34.5 Å². The van der Waals surface area contributed by atoms with Crippen LogP contribution in [0.2, 0.25) is 0 Å². The predicted octanol–water partition coefficient (Wildman–Crippen LogP) is 4.39. The van der Waals surface area contributed by atoms with Crippen LogP contribution >= 0.6 is 55.4 Å². The highest BCUT2D eigenvalue weighted by molar-refractivity contribution is 9.09. The first kappa shape index (κ1) is 19.2. The lowest BCUT2D eigenvalue weighted by Gasteiger charge is -2.16. The fourth-order valence-corrected chi connectivity index (χ4v) is 4.65. The van der Waals surface area contributed by atoms with Gasteiger partial charge in [-0.05, 0) is 24.3 Å². The van der Waals surface area contributed by atoms with Gasteiger partial charge in [-0.15, -0.1) is 0 Å². The molecule has 1 atom stereocenters. The summed E-state index contributed by atoms with van der Waals surface area (Å²) in [5, 5.41) is 11.3. The number of ether oxygens (including phenoxy) is 1. The van der Waals surface area contributed by atoms with E-state index in [4.69, 9.17) is 9.84 Å². The summed E-state index contributed by atoms with van der Waals surface area (Å²) in [5.41, 5.74) is 0.278. The molecule has 1 N–H and O–H groups in total. The molecular formula is C14H18Br2O3S2. The van der Waals surface area contributed by atoms with Gasteiger partial charge in [0.25, 0.3) is 0 Å². The summed E-state index contributed by atoms with van der Waals surface area (Å²) in [4.78, 5) is 10.8. The minimum absolute atomic E-state index is 0.278. The molecule has 0 saturated heterocycles. The van der Waals surface area contributed by atoms with E-state index in [2.05, 4.69) is 31.9 Å². The van der Waals surface area contributed by atoms with Crippen LogP contribution in [0.15, 0.2) is 24.3 Å². The van der Waals surface area contributed by atoms with Gasteiger partial charge in [0.15, 0.2) is 0 Å². The molecule has 1 aromatic carbocycles. The van der Waals surface area contributed by atoms with Crippen molar-refractivity contribution < 1.29 is 14.6 Å². The summed E-state index contributed by atoms with van der Waals surface area (Å²) in [6.07, 6.45) is 0. The van der Waals surface area contributed by atoms with Gasteiger partial charge in [-0.2, -0.15) is 23.5 Å². The predicted molar refractivity (Wildman–Crippen MR) is 100 cm³/mol.